The fourth-order valence-corrected chi connectivity index (χ4v) is 1.44. The van der Waals surface area contributed by atoms with Gasteiger partial charge in [-0.25, -0.2) is 4.98 Å². The summed E-state index contributed by atoms with van der Waals surface area (Å²) < 4.78 is 0. The summed E-state index contributed by atoms with van der Waals surface area (Å²) in [7, 11) is 0. The first kappa shape index (κ1) is 11.4. The van der Waals surface area contributed by atoms with Crippen molar-refractivity contribution in [2.24, 2.45) is 0 Å². The maximum absolute atomic E-state index is 11.5. The van der Waals surface area contributed by atoms with Crippen LogP contribution in [-0.2, 0) is 4.79 Å². The Labute approximate surface area is 99.4 Å². The molecular formula is C11H14ClN3O. The van der Waals surface area contributed by atoms with E-state index in [0.717, 1.165) is 6.54 Å². The van der Waals surface area contributed by atoms with Gasteiger partial charge in [-0.05, 0) is 25.0 Å². The minimum Gasteiger partial charge on any atom is -0.313 e. The zero-order valence-corrected chi connectivity index (χ0v) is 9.63. The standard InChI is InChI=1S/C11H14ClN3O/c12-8-1-4-10(14-7-8)15-11(16)5-6-13-9-2-3-9/h1,4,7,9,13H,2-3,5-6H2,(H,14,15,16). The first-order valence-electron chi connectivity index (χ1n) is 5.39. The highest BCUT2D eigenvalue weighted by atomic mass is 35.5. The number of hydrogen-bond acceptors (Lipinski definition) is 3. The highest BCUT2D eigenvalue weighted by Gasteiger charge is 2.20. The van der Waals surface area contributed by atoms with Gasteiger partial charge in [0.25, 0.3) is 0 Å². The zero-order valence-electron chi connectivity index (χ0n) is 8.87. The summed E-state index contributed by atoms with van der Waals surface area (Å²) in [6, 6.07) is 4.03. The van der Waals surface area contributed by atoms with Gasteiger partial charge in [-0.3, -0.25) is 4.79 Å². The van der Waals surface area contributed by atoms with Crippen LogP contribution in [0.3, 0.4) is 0 Å². The molecule has 0 saturated heterocycles. The highest BCUT2D eigenvalue weighted by Crippen LogP contribution is 2.18. The lowest BCUT2D eigenvalue weighted by atomic mass is 10.3. The van der Waals surface area contributed by atoms with E-state index >= 15 is 0 Å². The number of aromatic nitrogens is 1. The Morgan fingerprint density at radius 1 is 1.50 bits per heavy atom. The van der Waals surface area contributed by atoms with Crippen LogP contribution in [-0.4, -0.2) is 23.5 Å². The Balaban J connectivity index is 1.70. The van der Waals surface area contributed by atoms with Crippen LogP contribution < -0.4 is 10.6 Å². The molecule has 0 bridgehead atoms. The van der Waals surface area contributed by atoms with E-state index in [9.17, 15) is 4.79 Å². The molecular weight excluding hydrogens is 226 g/mol. The highest BCUT2D eigenvalue weighted by molar-refractivity contribution is 6.30. The van der Waals surface area contributed by atoms with Crippen molar-refractivity contribution >= 4 is 23.3 Å². The van der Waals surface area contributed by atoms with Crippen LogP contribution in [0.5, 0.6) is 0 Å². The van der Waals surface area contributed by atoms with Gasteiger partial charge in [-0.1, -0.05) is 11.6 Å². The van der Waals surface area contributed by atoms with E-state index in [1.54, 1.807) is 12.1 Å². The second-order valence-electron chi connectivity index (χ2n) is 3.89. The number of hydrogen-bond donors (Lipinski definition) is 2. The quantitative estimate of drug-likeness (QED) is 0.824. The largest absolute Gasteiger partial charge is 0.313 e. The van der Waals surface area contributed by atoms with Crippen molar-refractivity contribution in [3.8, 4) is 0 Å². The number of nitrogens with one attached hydrogen (secondary N) is 2. The molecule has 0 radical (unpaired) electrons. The van der Waals surface area contributed by atoms with Gasteiger partial charge in [0.05, 0.1) is 5.02 Å². The lowest BCUT2D eigenvalue weighted by molar-refractivity contribution is -0.116. The number of halogens is 1. The Bertz CT molecular complexity index is 362. The van der Waals surface area contributed by atoms with Crippen molar-refractivity contribution in [3.63, 3.8) is 0 Å². The number of rotatable bonds is 5. The maximum atomic E-state index is 11.5. The van der Waals surface area contributed by atoms with Gasteiger partial charge in [0, 0.05) is 25.2 Å². The van der Waals surface area contributed by atoms with Crippen molar-refractivity contribution in [1.82, 2.24) is 10.3 Å². The van der Waals surface area contributed by atoms with Crippen molar-refractivity contribution in [1.29, 1.82) is 0 Å². The van der Waals surface area contributed by atoms with Gasteiger partial charge in [0.15, 0.2) is 0 Å². The van der Waals surface area contributed by atoms with E-state index in [2.05, 4.69) is 15.6 Å². The summed E-state index contributed by atoms with van der Waals surface area (Å²) in [6.45, 7) is 0.726. The predicted molar refractivity (Wildman–Crippen MR) is 63.5 cm³/mol. The second kappa shape index (κ2) is 5.27. The molecule has 1 aromatic heterocycles. The SMILES string of the molecule is O=C(CCNC1CC1)Nc1ccc(Cl)cn1. The Hall–Kier alpha value is -1.13. The third-order valence-electron chi connectivity index (χ3n) is 2.36. The molecule has 1 fully saturated rings. The van der Waals surface area contributed by atoms with E-state index in [1.165, 1.54) is 19.0 Å². The fourth-order valence-electron chi connectivity index (χ4n) is 1.33. The molecule has 86 valence electrons. The predicted octanol–water partition coefficient (Wildman–Crippen LogP) is 1.82. The molecule has 1 heterocycles. The van der Waals surface area contributed by atoms with Crippen molar-refractivity contribution in [3.05, 3.63) is 23.4 Å². The van der Waals surface area contributed by atoms with Gasteiger partial charge < -0.3 is 10.6 Å². The molecule has 0 unspecified atom stereocenters. The van der Waals surface area contributed by atoms with Crippen LogP contribution in [0.1, 0.15) is 19.3 Å². The zero-order chi connectivity index (χ0) is 11.4. The number of amides is 1. The molecule has 1 aromatic rings. The Kier molecular flexibility index (Phi) is 3.74. The molecule has 1 saturated carbocycles. The third kappa shape index (κ3) is 3.79. The first-order chi connectivity index (χ1) is 7.74. The number of carbonyl (C=O) groups is 1. The summed E-state index contributed by atoms with van der Waals surface area (Å²) in [6.07, 6.45) is 4.46. The van der Waals surface area contributed by atoms with Crippen LogP contribution in [0.4, 0.5) is 5.82 Å². The van der Waals surface area contributed by atoms with E-state index < -0.39 is 0 Å². The van der Waals surface area contributed by atoms with E-state index in [-0.39, 0.29) is 5.91 Å². The second-order valence-corrected chi connectivity index (χ2v) is 4.32. The average molecular weight is 240 g/mol. The van der Waals surface area contributed by atoms with Crippen LogP contribution >= 0.6 is 11.6 Å². The van der Waals surface area contributed by atoms with Crippen LogP contribution in [0, 0.1) is 0 Å². The monoisotopic (exact) mass is 239 g/mol. The molecule has 0 atom stereocenters. The van der Waals surface area contributed by atoms with Crippen molar-refractivity contribution in [2.75, 3.05) is 11.9 Å². The average Bonchev–Trinajstić information content (AvgIpc) is 3.05. The van der Waals surface area contributed by atoms with Gasteiger partial charge in [0.2, 0.25) is 5.91 Å². The normalized spacial score (nSPS) is 14.8. The molecule has 1 amide bonds. The molecule has 0 aromatic carbocycles. The molecule has 4 nitrogen and oxygen atoms in total. The summed E-state index contributed by atoms with van der Waals surface area (Å²) in [5, 5.41) is 6.56. The summed E-state index contributed by atoms with van der Waals surface area (Å²) in [4.78, 5) is 15.5. The van der Waals surface area contributed by atoms with Crippen molar-refractivity contribution < 1.29 is 4.79 Å². The Morgan fingerprint density at radius 3 is 2.94 bits per heavy atom. The molecule has 16 heavy (non-hydrogen) atoms. The minimum atomic E-state index is -0.0250. The molecule has 1 aliphatic carbocycles. The van der Waals surface area contributed by atoms with Crippen LogP contribution in [0.2, 0.25) is 5.02 Å². The number of carbonyl (C=O) groups excluding carboxylic acids is 1. The molecule has 0 spiro atoms. The van der Waals surface area contributed by atoms with E-state index in [1.807, 2.05) is 0 Å². The fraction of sp³-hybridized carbons (Fsp3) is 0.455. The number of anilines is 1. The van der Waals surface area contributed by atoms with E-state index in [0.29, 0.717) is 23.3 Å². The molecule has 5 heteroatoms. The molecule has 2 N–H and O–H groups in total. The summed E-state index contributed by atoms with van der Waals surface area (Å²) in [5.74, 6) is 0.517. The van der Waals surface area contributed by atoms with Crippen LogP contribution in [0.25, 0.3) is 0 Å². The summed E-state index contributed by atoms with van der Waals surface area (Å²) >= 11 is 5.69. The smallest absolute Gasteiger partial charge is 0.226 e. The van der Waals surface area contributed by atoms with E-state index in [4.69, 9.17) is 11.6 Å². The number of nitrogens with zero attached hydrogens (tertiary/aromatic N) is 1. The molecule has 1 aliphatic rings. The lowest BCUT2D eigenvalue weighted by Crippen LogP contribution is -2.23. The summed E-state index contributed by atoms with van der Waals surface area (Å²) in [5.41, 5.74) is 0. The molecule has 0 aliphatic heterocycles. The first-order valence-corrected chi connectivity index (χ1v) is 5.76. The van der Waals surface area contributed by atoms with Gasteiger partial charge in [-0.15, -0.1) is 0 Å². The van der Waals surface area contributed by atoms with Crippen LogP contribution in [0.15, 0.2) is 18.3 Å². The Morgan fingerprint density at radius 2 is 2.31 bits per heavy atom. The van der Waals surface area contributed by atoms with Gasteiger partial charge in [0.1, 0.15) is 5.82 Å². The number of pyridine rings is 1. The molecule has 2 rings (SSSR count). The van der Waals surface area contributed by atoms with Crippen molar-refractivity contribution in [2.45, 2.75) is 25.3 Å². The minimum absolute atomic E-state index is 0.0250. The topological polar surface area (TPSA) is 54.0 Å². The third-order valence-corrected chi connectivity index (χ3v) is 2.58. The maximum Gasteiger partial charge on any atom is 0.226 e. The lowest BCUT2D eigenvalue weighted by Gasteiger charge is -2.04. The van der Waals surface area contributed by atoms with Gasteiger partial charge in [-0.2, -0.15) is 0 Å². The van der Waals surface area contributed by atoms with Gasteiger partial charge >= 0.3 is 0 Å².